The van der Waals surface area contributed by atoms with Gasteiger partial charge < -0.3 is 10.6 Å². The highest BCUT2D eigenvalue weighted by atomic mass is 16.1. The summed E-state index contributed by atoms with van der Waals surface area (Å²) in [7, 11) is 0. The molecule has 3 nitrogen and oxygen atoms in total. The van der Waals surface area contributed by atoms with E-state index < -0.39 is 0 Å². The molecule has 0 aromatic carbocycles. The zero-order chi connectivity index (χ0) is 12.4. The predicted molar refractivity (Wildman–Crippen MR) is 69.5 cm³/mol. The highest BCUT2D eigenvalue weighted by Crippen LogP contribution is 2.00. The molecule has 16 heavy (non-hydrogen) atoms. The van der Waals surface area contributed by atoms with E-state index >= 15 is 0 Å². The Morgan fingerprint density at radius 3 is 2.38 bits per heavy atom. The Morgan fingerprint density at radius 2 is 1.88 bits per heavy atom. The Kier molecular flexibility index (Phi) is 9.30. The van der Waals surface area contributed by atoms with Gasteiger partial charge >= 0.3 is 0 Å². The fourth-order valence-electron chi connectivity index (χ4n) is 1.60. The maximum atomic E-state index is 11.5. The average molecular weight is 228 g/mol. The second-order valence-corrected chi connectivity index (χ2v) is 4.81. The SMILES string of the molecule is CCCC(CC)NCC(=O)NCCC(C)C. The molecule has 0 bridgehead atoms. The molecule has 0 saturated heterocycles. The Bertz CT molecular complexity index is 181. The van der Waals surface area contributed by atoms with Crippen LogP contribution in [0.1, 0.15) is 53.4 Å². The van der Waals surface area contributed by atoms with Crippen molar-refractivity contribution >= 4 is 5.91 Å². The number of nitrogens with one attached hydrogen (secondary N) is 2. The van der Waals surface area contributed by atoms with Crippen molar-refractivity contribution in [1.29, 1.82) is 0 Å². The molecule has 0 spiro atoms. The van der Waals surface area contributed by atoms with Crippen LogP contribution in [0.4, 0.5) is 0 Å². The summed E-state index contributed by atoms with van der Waals surface area (Å²) >= 11 is 0. The van der Waals surface area contributed by atoms with Crippen molar-refractivity contribution in [3.63, 3.8) is 0 Å². The normalized spacial score (nSPS) is 12.8. The first kappa shape index (κ1) is 15.4. The molecular weight excluding hydrogens is 200 g/mol. The fourth-order valence-corrected chi connectivity index (χ4v) is 1.60. The van der Waals surface area contributed by atoms with Gasteiger partial charge in [0.25, 0.3) is 0 Å². The summed E-state index contributed by atoms with van der Waals surface area (Å²) in [5.74, 6) is 0.770. The molecule has 3 heteroatoms. The monoisotopic (exact) mass is 228 g/mol. The van der Waals surface area contributed by atoms with Crippen molar-refractivity contribution in [2.45, 2.75) is 59.4 Å². The van der Waals surface area contributed by atoms with Gasteiger partial charge in [-0.25, -0.2) is 0 Å². The molecule has 0 heterocycles. The Balaban J connectivity index is 3.55. The van der Waals surface area contributed by atoms with Gasteiger partial charge in [-0.1, -0.05) is 34.1 Å². The molecule has 0 rings (SSSR count). The highest BCUT2D eigenvalue weighted by molar-refractivity contribution is 5.77. The van der Waals surface area contributed by atoms with Gasteiger partial charge in [-0.2, -0.15) is 0 Å². The van der Waals surface area contributed by atoms with Crippen molar-refractivity contribution < 1.29 is 4.79 Å². The third kappa shape index (κ3) is 8.72. The number of rotatable bonds is 9. The molecule has 1 amide bonds. The van der Waals surface area contributed by atoms with E-state index in [1.165, 1.54) is 6.42 Å². The summed E-state index contributed by atoms with van der Waals surface area (Å²) in [6, 6.07) is 0.487. The maximum Gasteiger partial charge on any atom is 0.233 e. The van der Waals surface area contributed by atoms with E-state index in [1.807, 2.05) is 0 Å². The van der Waals surface area contributed by atoms with Crippen LogP contribution in [-0.2, 0) is 4.79 Å². The Hall–Kier alpha value is -0.570. The first-order valence-corrected chi connectivity index (χ1v) is 6.60. The smallest absolute Gasteiger partial charge is 0.233 e. The molecule has 0 aromatic rings. The summed E-state index contributed by atoms with van der Waals surface area (Å²) in [6.45, 7) is 9.91. The average Bonchev–Trinajstić information content (AvgIpc) is 2.23. The Morgan fingerprint density at radius 1 is 1.19 bits per heavy atom. The van der Waals surface area contributed by atoms with Gasteiger partial charge in [0.2, 0.25) is 5.91 Å². The minimum Gasteiger partial charge on any atom is -0.355 e. The van der Waals surface area contributed by atoms with Crippen molar-refractivity contribution in [3.8, 4) is 0 Å². The summed E-state index contributed by atoms with van der Waals surface area (Å²) in [5.41, 5.74) is 0. The van der Waals surface area contributed by atoms with Crippen LogP contribution in [0.25, 0.3) is 0 Å². The van der Waals surface area contributed by atoms with E-state index in [4.69, 9.17) is 0 Å². The molecular formula is C13H28N2O. The van der Waals surface area contributed by atoms with Crippen LogP contribution in [-0.4, -0.2) is 25.0 Å². The topological polar surface area (TPSA) is 41.1 Å². The first-order chi connectivity index (χ1) is 7.60. The van der Waals surface area contributed by atoms with Crippen LogP contribution in [0.15, 0.2) is 0 Å². The molecule has 0 aliphatic rings. The summed E-state index contributed by atoms with van der Waals surface area (Å²) < 4.78 is 0. The van der Waals surface area contributed by atoms with Crippen molar-refractivity contribution in [3.05, 3.63) is 0 Å². The zero-order valence-electron chi connectivity index (χ0n) is 11.3. The van der Waals surface area contributed by atoms with Crippen LogP contribution in [0.2, 0.25) is 0 Å². The van der Waals surface area contributed by atoms with Crippen LogP contribution in [0.3, 0.4) is 0 Å². The van der Waals surface area contributed by atoms with Gasteiger partial charge in [-0.15, -0.1) is 0 Å². The van der Waals surface area contributed by atoms with Gasteiger partial charge in [-0.3, -0.25) is 4.79 Å². The summed E-state index contributed by atoms with van der Waals surface area (Å²) in [4.78, 5) is 11.5. The molecule has 1 unspecified atom stereocenters. The zero-order valence-corrected chi connectivity index (χ0v) is 11.3. The molecule has 1 atom stereocenters. The van der Waals surface area contributed by atoms with Gasteiger partial charge in [-0.05, 0) is 25.2 Å². The van der Waals surface area contributed by atoms with Crippen LogP contribution in [0, 0.1) is 5.92 Å². The molecule has 0 radical (unpaired) electrons. The van der Waals surface area contributed by atoms with Crippen molar-refractivity contribution in [2.24, 2.45) is 5.92 Å². The maximum absolute atomic E-state index is 11.5. The van der Waals surface area contributed by atoms with E-state index in [9.17, 15) is 4.79 Å². The lowest BCUT2D eigenvalue weighted by molar-refractivity contribution is -0.120. The molecule has 0 aliphatic heterocycles. The third-order valence-corrected chi connectivity index (χ3v) is 2.73. The lowest BCUT2D eigenvalue weighted by atomic mass is 10.1. The van der Waals surface area contributed by atoms with Gasteiger partial charge in [0.1, 0.15) is 0 Å². The van der Waals surface area contributed by atoms with Crippen LogP contribution < -0.4 is 10.6 Å². The third-order valence-electron chi connectivity index (χ3n) is 2.73. The van der Waals surface area contributed by atoms with E-state index in [1.54, 1.807) is 0 Å². The minimum atomic E-state index is 0.121. The first-order valence-electron chi connectivity index (χ1n) is 6.60. The van der Waals surface area contributed by atoms with Crippen LogP contribution in [0.5, 0.6) is 0 Å². The van der Waals surface area contributed by atoms with Gasteiger partial charge in [0.05, 0.1) is 6.54 Å². The van der Waals surface area contributed by atoms with E-state index in [0.29, 0.717) is 18.5 Å². The number of hydrogen-bond donors (Lipinski definition) is 2. The standard InChI is InChI=1S/C13H28N2O/c1-5-7-12(6-2)15-10-13(16)14-9-8-11(3)4/h11-12,15H,5-10H2,1-4H3,(H,14,16). The lowest BCUT2D eigenvalue weighted by Gasteiger charge is -2.15. The molecule has 0 aromatic heterocycles. The van der Waals surface area contributed by atoms with E-state index in [0.717, 1.165) is 25.8 Å². The molecule has 0 saturated carbocycles. The van der Waals surface area contributed by atoms with Crippen molar-refractivity contribution in [2.75, 3.05) is 13.1 Å². The fraction of sp³-hybridized carbons (Fsp3) is 0.923. The lowest BCUT2D eigenvalue weighted by Crippen LogP contribution is -2.39. The highest BCUT2D eigenvalue weighted by Gasteiger charge is 2.06. The second-order valence-electron chi connectivity index (χ2n) is 4.81. The number of hydrogen-bond acceptors (Lipinski definition) is 2. The Labute approximate surface area is 100 Å². The molecule has 2 N–H and O–H groups in total. The summed E-state index contributed by atoms with van der Waals surface area (Å²) in [6.07, 6.45) is 4.46. The van der Waals surface area contributed by atoms with E-state index in [-0.39, 0.29) is 5.91 Å². The largest absolute Gasteiger partial charge is 0.355 e. The van der Waals surface area contributed by atoms with Gasteiger partial charge in [0, 0.05) is 12.6 Å². The molecule has 96 valence electrons. The molecule has 0 aliphatic carbocycles. The van der Waals surface area contributed by atoms with E-state index in [2.05, 4.69) is 38.3 Å². The quantitative estimate of drug-likeness (QED) is 0.636. The number of amides is 1. The van der Waals surface area contributed by atoms with Crippen molar-refractivity contribution in [1.82, 2.24) is 10.6 Å². The summed E-state index contributed by atoms with van der Waals surface area (Å²) in [5, 5.41) is 6.23. The number of carbonyl (C=O) groups excluding carboxylic acids is 1. The molecule has 0 fully saturated rings. The number of carbonyl (C=O) groups is 1. The second kappa shape index (κ2) is 9.64. The predicted octanol–water partition coefficient (Wildman–Crippen LogP) is 2.32. The van der Waals surface area contributed by atoms with Gasteiger partial charge in [0.15, 0.2) is 0 Å². The van der Waals surface area contributed by atoms with Crippen LogP contribution >= 0.6 is 0 Å². The minimum absolute atomic E-state index is 0.121.